The molecule has 1 saturated carbocycles. The largest absolute Gasteiger partial charge is 0.481 e. The normalized spacial score (nSPS) is 23.6. The van der Waals surface area contributed by atoms with E-state index in [9.17, 15) is 62.6 Å². The van der Waals surface area contributed by atoms with Gasteiger partial charge in [-0.1, -0.05) is 36.4 Å². The van der Waals surface area contributed by atoms with E-state index in [1.165, 1.54) is 0 Å². The number of sulfone groups is 1. The summed E-state index contributed by atoms with van der Waals surface area (Å²) in [5.74, 6) is -2.88. The molecule has 4 rings (SSSR count). The first-order chi connectivity index (χ1) is 20.3. The number of alkyl halides is 9. The van der Waals surface area contributed by atoms with Gasteiger partial charge in [-0.05, 0) is 49.8 Å². The van der Waals surface area contributed by atoms with Gasteiger partial charge >= 0.3 is 24.0 Å². The summed E-state index contributed by atoms with van der Waals surface area (Å²) < 4.78 is 148. The summed E-state index contributed by atoms with van der Waals surface area (Å²) >= 11 is 0. The maximum atomic E-state index is 14.7. The molecule has 0 radical (unpaired) electrons. The van der Waals surface area contributed by atoms with Crippen LogP contribution >= 0.6 is 0 Å². The number of carbonyl (C=O) groups excluding carboxylic acids is 1. The molecule has 1 amide bonds. The number of carboxylic acids is 1. The SMILES string of the molecule is O=C(O)C1CCC(C(=O)N2CCC(c3ccc(C(F)(C(F)(F)F)C(F)(F)F)cc3)(S(=O)(=O)c3cccc(C(F)F)c3)C2)CC1. The Kier molecular flexibility index (Phi) is 8.83. The molecule has 2 fully saturated rings. The minimum Gasteiger partial charge on any atom is -0.481 e. The molecule has 1 aliphatic carbocycles. The summed E-state index contributed by atoms with van der Waals surface area (Å²) in [7, 11) is -4.77. The summed E-state index contributed by atoms with van der Waals surface area (Å²) in [5.41, 5.74) is -8.67. The van der Waals surface area contributed by atoms with Crippen molar-refractivity contribution in [2.75, 3.05) is 13.1 Å². The van der Waals surface area contributed by atoms with E-state index in [1.807, 2.05) is 0 Å². The lowest BCUT2D eigenvalue weighted by molar-refractivity contribution is -0.348. The first-order valence-corrected chi connectivity index (χ1v) is 14.8. The third-order valence-corrected chi connectivity index (χ3v) is 11.0. The van der Waals surface area contributed by atoms with Crippen molar-refractivity contribution in [2.24, 2.45) is 11.8 Å². The molecule has 1 unspecified atom stereocenters. The highest BCUT2D eigenvalue weighted by Gasteiger charge is 2.73. The van der Waals surface area contributed by atoms with Crippen molar-refractivity contribution in [1.82, 2.24) is 4.90 Å². The van der Waals surface area contributed by atoms with Crippen LogP contribution in [0.2, 0.25) is 0 Å². The van der Waals surface area contributed by atoms with Crippen molar-refractivity contribution in [2.45, 2.75) is 66.2 Å². The average Bonchev–Trinajstić information content (AvgIpc) is 3.43. The Morgan fingerprint density at radius 1 is 0.864 bits per heavy atom. The lowest BCUT2D eigenvalue weighted by atomic mass is 9.81. The van der Waals surface area contributed by atoms with Gasteiger partial charge in [0.2, 0.25) is 5.91 Å². The van der Waals surface area contributed by atoms with Crippen molar-refractivity contribution in [3.63, 3.8) is 0 Å². The van der Waals surface area contributed by atoms with Crippen molar-refractivity contribution in [3.05, 3.63) is 65.2 Å². The lowest BCUT2D eigenvalue weighted by Crippen LogP contribution is -2.50. The van der Waals surface area contributed by atoms with Crippen LogP contribution < -0.4 is 0 Å². The third kappa shape index (κ3) is 5.65. The summed E-state index contributed by atoms with van der Waals surface area (Å²) in [4.78, 5) is 25.2. The second-order valence-corrected chi connectivity index (χ2v) is 13.3. The number of amides is 1. The van der Waals surface area contributed by atoms with Gasteiger partial charge in [0, 0.05) is 30.1 Å². The first kappa shape index (κ1) is 33.6. The first-order valence-electron chi connectivity index (χ1n) is 13.3. The molecule has 2 aromatic carbocycles. The monoisotopic (exact) mass is 659 g/mol. The van der Waals surface area contributed by atoms with Crippen molar-refractivity contribution < 1.29 is 62.6 Å². The summed E-state index contributed by atoms with van der Waals surface area (Å²) in [6.07, 6.45) is -15.6. The van der Waals surface area contributed by atoms with E-state index >= 15 is 0 Å². The van der Waals surface area contributed by atoms with E-state index in [2.05, 4.69) is 0 Å². The molecule has 2 aliphatic rings. The number of benzene rings is 2. The van der Waals surface area contributed by atoms with E-state index in [0.29, 0.717) is 18.2 Å². The lowest BCUT2D eigenvalue weighted by Gasteiger charge is -2.33. The highest BCUT2D eigenvalue weighted by atomic mass is 32.2. The minimum atomic E-state index is -6.41. The quantitative estimate of drug-likeness (QED) is 0.334. The number of hydrogen-bond donors (Lipinski definition) is 1. The Morgan fingerprint density at radius 2 is 1.41 bits per heavy atom. The number of halogens is 9. The summed E-state index contributed by atoms with van der Waals surface area (Å²) in [6.45, 7) is -0.865. The van der Waals surface area contributed by atoms with Crippen LogP contribution in [0.3, 0.4) is 0 Å². The molecule has 1 aliphatic heterocycles. The number of rotatable bonds is 7. The van der Waals surface area contributed by atoms with E-state index in [1.54, 1.807) is 0 Å². The molecule has 1 N–H and O–H groups in total. The molecule has 44 heavy (non-hydrogen) atoms. The molecule has 0 spiro atoms. The molecule has 1 atom stereocenters. The van der Waals surface area contributed by atoms with Gasteiger partial charge in [-0.15, -0.1) is 0 Å². The van der Waals surface area contributed by atoms with E-state index in [-0.39, 0.29) is 49.9 Å². The van der Waals surface area contributed by atoms with Gasteiger partial charge in [-0.25, -0.2) is 21.6 Å². The number of likely N-dealkylation sites (tertiary alicyclic amines) is 1. The minimum absolute atomic E-state index is 0.167. The summed E-state index contributed by atoms with van der Waals surface area (Å²) in [5, 5.41) is 9.22. The Bertz CT molecular complexity index is 1490. The molecule has 242 valence electrons. The zero-order chi connectivity index (χ0) is 32.9. The maximum absolute atomic E-state index is 14.7. The number of nitrogens with zero attached hydrogens (tertiary/aromatic N) is 1. The second-order valence-electron chi connectivity index (χ2n) is 11.0. The second kappa shape index (κ2) is 11.6. The zero-order valence-corrected chi connectivity index (χ0v) is 23.5. The zero-order valence-electron chi connectivity index (χ0n) is 22.6. The van der Waals surface area contributed by atoms with Crippen LogP contribution in [0.1, 0.15) is 55.2 Å². The molecular weight excluding hydrogens is 633 g/mol. The van der Waals surface area contributed by atoms with E-state index < -0.39 is 91.7 Å². The van der Waals surface area contributed by atoms with Gasteiger partial charge in [-0.3, -0.25) is 9.59 Å². The van der Waals surface area contributed by atoms with Crippen molar-refractivity contribution in [3.8, 4) is 0 Å². The highest BCUT2D eigenvalue weighted by molar-refractivity contribution is 7.92. The van der Waals surface area contributed by atoms with Crippen LogP contribution in [-0.4, -0.2) is 55.7 Å². The summed E-state index contributed by atoms with van der Waals surface area (Å²) in [6, 6.07) is 5.21. The molecule has 16 heteroatoms. The molecule has 0 bridgehead atoms. The topological polar surface area (TPSA) is 91.8 Å². The standard InChI is InChI=1S/C28H26F9NO5S/c29-22(30)18-2-1-3-21(14-18)44(42,43)25(12-13-38(15-25)23(39)16-4-6-17(7-5-16)24(40)41)19-8-10-20(11-9-19)26(31,27(32,33)34)28(35,36)37/h1-3,8-11,14,16-17,22H,4-7,12-13,15H2,(H,40,41). The van der Waals surface area contributed by atoms with Crippen LogP contribution in [0.25, 0.3) is 0 Å². The van der Waals surface area contributed by atoms with Gasteiger partial charge in [0.25, 0.3) is 6.43 Å². The Labute approximate surface area is 245 Å². The Morgan fingerprint density at radius 3 is 1.91 bits per heavy atom. The molecule has 1 saturated heterocycles. The van der Waals surface area contributed by atoms with Gasteiger partial charge in [0.05, 0.1) is 10.8 Å². The number of aliphatic carboxylic acids is 1. The fourth-order valence-corrected chi connectivity index (χ4v) is 8.09. The van der Waals surface area contributed by atoms with Gasteiger partial charge in [0.15, 0.2) is 9.84 Å². The van der Waals surface area contributed by atoms with Crippen LogP contribution in [0, 0.1) is 11.8 Å². The van der Waals surface area contributed by atoms with Crippen molar-refractivity contribution >= 4 is 21.7 Å². The van der Waals surface area contributed by atoms with Crippen LogP contribution in [0.5, 0.6) is 0 Å². The Hall–Kier alpha value is -3.30. The third-order valence-electron chi connectivity index (χ3n) is 8.49. The van der Waals surface area contributed by atoms with Gasteiger partial charge < -0.3 is 10.0 Å². The van der Waals surface area contributed by atoms with Crippen LogP contribution in [0.4, 0.5) is 39.5 Å². The smallest absolute Gasteiger partial charge is 0.435 e. The predicted octanol–water partition coefficient (Wildman–Crippen LogP) is 6.71. The van der Waals surface area contributed by atoms with Gasteiger partial charge in [0.1, 0.15) is 4.75 Å². The number of hydrogen-bond acceptors (Lipinski definition) is 4. The maximum Gasteiger partial charge on any atom is 0.435 e. The van der Waals surface area contributed by atoms with Crippen LogP contribution in [0.15, 0.2) is 53.4 Å². The van der Waals surface area contributed by atoms with E-state index in [0.717, 1.165) is 23.1 Å². The molecule has 6 nitrogen and oxygen atoms in total. The van der Waals surface area contributed by atoms with E-state index in [4.69, 9.17) is 0 Å². The fraction of sp³-hybridized carbons (Fsp3) is 0.500. The number of carbonyl (C=O) groups is 2. The molecule has 0 aromatic heterocycles. The Balaban J connectivity index is 1.78. The average molecular weight is 660 g/mol. The predicted molar refractivity (Wildman–Crippen MR) is 136 cm³/mol. The fourth-order valence-electron chi connectivity index (χ4n) is 5.96. The molecular formula is C28H26F9NO5S. The molecule has 2 aromatic rings. The number of carboxylic acid groups (broad SMARTS) is 1. The van der Waals surface area contributed by atoms with Crippen LogP contribution in [-0.2, 0) is 29.8 Å². The van der Waals surface area contributed by atoms with Gasteiger partial charge in [-0.2, -0.15) is 26.3 Å². The molecule has 1 heterocycles. The highest BCUT2D eigenvalue weighted by Crippen LogP contribution is 2.54. The van der Waals surface area contributed by atoms with Crippen molar-refractivity contribution in [1.29, 1.82) is 0 Å².